The molecule has 0 unspecified atom stereocenters. The van der Waals surface area contributed by atoms with Gasteiger partial charge in [-0.05, 0) is 71.0 Å². The maximum atomic E-state index is 11.7. The number of anilines is 2. The Balaban J connectivity index is 1.40. The molecule has 0 saturated heterocycles. The Hall–Kier alpha value is -2.61. The number of benzene rings is 1. The molecule has 1 heterocycles. The van der Waals surface area contributed by atoms with Crippen molar-refractivity contribution in [2.24, 2.45) is 5.92 Å². The van der Waals surface area contributed by atoms with Gasteiger partial charge < -0.3 is 25.6 Å². The average Bonchev–Trinajstić information content (AvgIpc) is 2.72. The Bertz CT molecular complexity index is 888. The quantitative estimate of drug-likeness (QED) is 0.536. The lowest BCUT2D eigenvalue weighted by Crippen LogP contribution is -2.38. The van der Waals surface area contributed by atoms with E-state index < -0.39 is 5.60 Å². The lowest BCUT2D eigenvalue weighted by atomic mass is 9.86. The van der Waals surface area contributed by atoms with Crippen molar-refractivity contribution in [1.82, 2.24) is 20.6 Å². The molecule has 0 radical (unpaired) electrons. The van der Waals surface area contributed by atoms with Crippen LogP contribution in [-0.2, 0) is 4.74 Å². The van der Waals surface area contributed by atoms with Crippen molar-refractivity contribution in [3.8, 4) is 0 Å². The Morgan fingerprint density at radius 2 is 1.81 bits per heavy atom. The van der Waals surface area contributed by atoms with E-state index in [2.05, 4.69) is 22.0 Å². The highest BCUT2D eigenvalue weighted by Gasteiger charge is 2.22. The molecule has 1 aromatic heterocycles. The Morgan fingerprint density at radius 3 is 2.50 bits per heavy atom. The number of nitrogens with one attached hydrogen (secondary N) is 3. The first-order valence-electron chi connectivity index (χ1n) is 11.6. The van der Waals surface area contributed by atoms with E-state index in [0.29, 0.717) is 24.5 Å². The van der Waals surface area contributed by atoms with Gasteiger partial charge in [0.1, 0.15) is 11.4 Å². The molecule has 1 aliphatic carbocycles. The SMILES string of the molecule is CN(C)c1nc(NC2CCC(CNCCNC(=O)OC(C)(C)C)CC2)nc2ccccc12. The summed E-state index contributed by atoms with van der Waals surface area (Å²) < 4.78 is 5.24. The molecule has 0 aliphatic heterocycles. The average molecular weight is 443 g/mol. The van der Waals surface area contributed by atoms with E-state index in [0.717, 1.165) is 55.5 Å². The number of carbonyl (C=O) groups is 1. The molecule has 32 heavy (non-hydrogen) atoms. The second kappa shape index (κ2) is 10.8. The number of fused-ring (bicyclic) bond motifs is 1. The first kappa shape index (κ1) is 24.0. The maximum absolute atomic E-state index is 11.7. The van der Waals surface area contributed by atoms with Crippen LogP contribution in [0.5, 0.6) is 0 Å². The molecule has 3 rings (SSSR count). The number of amides is 1. The molecular weight excluding hydrogens is 404 g/mol. The van der Waals surface area contributed by atoms with Crippen LogP contribution in [0.1, 0.15) is 46.5 Å². The molecule has 8 nitrogen and oxygen atoms in total. The summed E-state index contributed by atoms with van der Waals surface area (Å²) in [6.07, 6.45) is 4.18. The number of hydrogen-bond acceptors (Lipinski definition) is 7. The van der Waals surface area contributed by atoms with Crippen LogP contribution < -0.4 is 20.9 Å². The van der Waals surface area contributed by atoms with Crippen molar-refractivity contribution in [2.45, 2.75) is 58.1 Å². The van der Waals surface area contributed by atoms with Crippen LogP contribution in [0, 0.1) is 5.92 Å². The van der Waals surface area contributed by atoms with E-state index in [-0.39, 0.29) is 6.09 Å². The van der Waals surface area contributed by atoms with Crippen LogP contribution in [-0.4, -0.2) is 61.4 Å². The van der Waals surface area contributed by atoms with Crippen LogP contribution in [0.25, 0.3) is 10.9 Å². The first-order chi connectivity index (χ1) is 15.2. The highest BCUT2D eigenvalue weighted by atomic mass is 16.6. The summed E-state index contributed by atoms with van der Waals surface area (Å²) in [5, 5.41) is 10.9. The van der Waals surface area contributed by atoms with Crippen molar-refractivity contribution in [3.63, 3.8) is 0 Å². The van der Waals surface area contributed by atoms with Gasteiger partial charge in [-0.25, -0.2) is 9.78 Å². The maximum Gasteiger partial charge on any atom is 0.407 e. The number of aromatic nitrogens is 2. The monoisotopic (exact) mass is 442 g/mol. The largest absolute Gasteiger partial charge is 0.444 e. The molecule has 3 N–H and O–H groups in total. The molecule has 1 aliphatic rings. The van der Waals surface area contributed by atoms with Crippen molar-refractivity contribution in [1.29, 1.82) is 0 Å². The minimum atomic E-state index is -0.462. The number of rotatable bonds is 8. The zero-order chi connectivity index (χ0) is 23.1. The first-order valence-corrected chi connectivity index (χ1v) is 11.6. The summed E-state index contributed by atoms with van der Waals surface area (Å²) in [5.41, 5.74) is 0.502. The summed E-state index contributed by atoms with van der Waals surface area (Å²) in [6, 6.07) is 8.54. The molecule has 1 aromatic carbocycles. The van der Waals surface area contributed by atoms with Crippen LogP contribution in [0.15, 0.2) is 24.3 Å². The van der Waals surface area contributed by atoms with Crippen LogP contribution >= 0.6 is 0 Å². The van der Waals surface area contributed by atoms with E-state index in [1.807, 2.05) is 58.0 Å². The molecule has 1 fully saturated rings. The number of hydrogen-bond donors (Lipinski definition) is 3. The summed E-state index contributed by atoms with van der Waals surface area (Å²) in [5.74, 6) is 2.31. The van der Waals surface area contributed by atoms with Gasteiger partial charge in [-0.2, -0.15) is 4.98 Å². The van der Waals surface area contributed by atoms with Gasteiger partial charge in [-0.3, -0.25) is 0 Å². The number of ether oxygens (including phenoxy) is 1. The van der Waals surface area contributed by atoms with Gasteiger partial charge in [0.25, 0.3) is 0 Å². The molecule has 0 atom stereocenters. The van der Waals surface area contributed by atoms with Gasteiger partial charge in [0, 0.05) is 38.6 Å². The van der Waals surface area contributed by atoms with E-state index in [1.165, 1.54) is 0 Å². The van der Waals surface area contributed by atoms with Gasteiger partial charge in [-0.1, -0.05) is 12.1 Å². The highest BCUT2D eigenvalue weighted by Crippen LogP contribution is 2.28. The Kier molecular flexibility index (Phi) is 8.12. The number of alkyl carbamates (subject to hydrolysis) is 1. The smallest absolute Gasteiger partial charge is 0.407 e. The fourth-order valence-corrected chi connectivity index (χ4v) is 4.03. The van der Waals surface area contributed by atoms with Crippen LogP contribution in [0.3, 0.4) is 0 Å². The van der Waals surface area contributed by atoms with Gasteiger partial charge in [0.2, 0.25) is 5.95 Å². The molecule has 0 spiro atoms. The lowest BCUT2D eigenvalue weighted by molar-refractivity contribution is 0.0528. The number of para-hydroxylation sites is 1. The highest BCUT2D eigenvalue weighted by molar-refractivity contribution is 5.90. The summed E-state index contributed by atoms with van der Waals surface area (Å²) in [6.45, 7) is 7.88. The van der Waals surface area contributed by atoms with Gasteiger partial charge in [-0.15, -0.1) is 0 Å². The Labute approximate surface area is 191 Å². The second-order valence-corrected chi connectivity index (χ2v) is 9.78. The molecular formula is C24H38N6O2. The summed E-state index contributed by atoms with van der Waals surface area (Å²) >= 11 is 0. The van der Waals surface area contributed by atoms with E-state index >= 15 is 0 Å². The standard InChI is InChI=1S/C24H38N6O2/c1-24(2,3)32-23(31)26-15-14-25-16-17-10-12-18(13-11-17)27-22-28-20-9-7-6-8-19(20)21(29-22)30(4)5/h6-9,17-18,25H,10-16H2,1-5H3,(H,26,31)(H,27,28,29). The van der Waals surface area contributed by atoms with Crippen molar-refractivity contribution < 1.29 is 9.53 Å². The molecule has 1 amide bonds. The molecule has 2 aromatic rings. The van der Waals surface area contributed by atoms with E-state index in [9.17, 15) is 4.79 Å². The fraction of sp³-hybridized carbons (Fsp3) is 0.625. The number of carbonyl (C=O) groups excluding carboxylic acids is 1. The van der Waals surface area contributed by atoms with Crippen LogP contribution in [0.4, 0.5) is 16.6 Å². The third-order valence-corrected chi connectivity index (χ3v) is 5.59. The minimum Gasteiger partial charge on any atom is -0.444 e. The van der Waals surface area contributed by atoms with E-state index in [4.69, 9.17) is 14.7 Å². The minimum absolute atomic E-state index is 0.362. The van der Waals surface area contributed by atoms with Gasteiger partial charge in [0.15, 0.2) is 0 Å². The normalized spacial score (nSPS) is 18.9. The molecule has 8 heteroatoms. The third-order valence-electron chi connectivity index (χ3n) is 5.59. The topological polar surface area (TPSA) is 91.4 Å². The van der Waals surface area contributed by atoms with Crippen molar-refractivity contribution in [3.05, 3.63) is 24.3 Å². The molecule has 1 saturated carbocycles. The summed E-state index contributed by atoms with van der Waals surface area (Å²) in [7, 11) is 4.03. The number of nitrogens with zero attached hydrogens (tertiary/aromatic N) is 3. The van der Waals surface area contributed by atoms with Gasteiger partial charge >= 0.3 is 6.09 Å². The molecule has 0 bridgehead atoms. The predicted molar refractivity (Wildman–Crippen MR) is 130 cm³/mol. The van der Waals surface area contributed by atoms with Crippen LogP contribution in [0.2, 0.25) is 0 Å². The zero-order valence-corrected chi connectivity index (χ0v) is 20.1. The Morgan fingerprint density at radius 1 is 1.09 bits per heavy atom. The predicted octanol–water partition coefficient (Wildman–Crippen LogP) is 3.78. The lowest BCUT2D eigenvalue weighted by Gasteiger charge is -2.29. The third kappa shape index (κ3) is 7.22. The van der Waals surface area contributed by atoms with Crippen molar-refractivity contribution >= 4 is 28.8 Å². The zero-order valence-electron chi connectivity index (χ0n) is 20.1. The van der Waals surface area contributed by atoms with Crippen molar-refractivity contribution in [2.75, 3.05) is 43.9 Å². The fourth-order valence-electron chi connectivity index (χ4n) is 4.03. The molecule has 176 valence electrons. The second-order valence-electron chi connectivity index (χ2n) is 9.78. The van der Waals surface area contributed by atoms with Gasteiger partial charge in [0.05, 0.1) is 5.52 Å². The van der Waals surface area contributed by atoms with E-state index in [1.54, 1.807) is 0 Å². The summed E-state index contributed by atoms with van der Waals surface area (Å²) in [4.78, 5) is 23.2.